The highest BCUT2D eigenvalue weighted by molar-refractivity contribution is 5.84. The molecular formula is C17H21NO. The van der Waals surface area contributed by atoms with Crippen LogP contribution in [0.3, 0.4) is 0 Å². The minimum absolute atomic E-state index is 0.630. The molecule has 2 heteroatoms. The number of hydrogen-bond acceptors (Lipinski definition) is 2. The highest BCUT2D eigenvalue weighted by Crippen LogP contribution is 2.30. The Bertz CT molecular complexity index is 578. The molecule has 100 valence electrons. The average Bonchev–Trinajstić information content (AvgIpc) is 2.46. The van der Waals surface area contributed by atoms with Crippen molar-refractivity contribution in [3.8, 4) is 5.75 Å². The van der Waals surface area contributed by atoms with E-state index in [0.29, 0.717) is 12.0 Å². The van der Waals surface area contributed by atoms with Gasteiger partial charge in [-0.1, -0.05) is 24.3 Å². The highest BCUT2D eigenvalue weighted by Gasteiger charge is 2.19. The molecule has 0 aliphatic carbocycles. The SMILES string of the molecule is COc1ccc2cc([C@@H]3CCN[C@H](C)C3)ccc2c1. The minimum Gasteiger partial charge on any atom is -0.497 e. The van der Waals surface area contributed by atoms with Crippen molar-refractivity contribution in [2.24, 2.45) is 0 Å². The average molecular weight is 255 g/mol. The fourth-order valence-corrected chi connectivity index (χ4v) is 3.06. The Labute approximate surface area is 114 Å². The summed E-state index contributed by atoms with van der Waals surface area (Å²) in [7, 11) is 1.71. The van der Waals surface area contributed by atoms with Crippen molar-refractivity contribution in [1.82, 2.24) is 5.32 Å². The molecule has 0 amide bonds. The molecule has 1 fully saturated rings. The van der Waals surface area contributed by atoms with E-state index in [1.165, 1.54) is 29.2 Å². The number of fused-ring (bicyclic) bond motifs is 1. The lowest BCUT2D eigenvalue weighted by atomic mass is 9.86. The fraction of sp³-hybridized carbons (Fsp3) is 0.412. The Balaban J connectivity index is 1.93. The summed E-state index contributed by atoms with van der Waals surface area (Å²) >= 11 is 0. The Morgan fingerprint density at radius 1 is 1.11 bits per heavy atom. The summed E-state index contributed by atoms with van der Waals surface area (Å²) < 4.78 is 5.27. The molecule has 1 aliphatic rings. The standard InChI is InChI=1S/C17H21NO/c1-12-9-16(7-8-18-12)13-3-4-15-11-17(19-2)6-5-14(15)10-13/h3-6,10-12,16,18H,7-9H2,1-2H3/t12-,16-/m1/s1. The second-order valence-corrected chi connectivity index (χ2v) is 5.55. The van der Waals surface area contributed by atoms with E-state index in [0.717, 1.165) is 12.3 Å². The van der Waals surface area contributed by atoms with Gasteiger partial charge in [0.25, 0.3) is 0 Å². The Morgan fingerprint density at radius 2 is 1.89 bits per heavy atom. The number of hydrogen-bond donors (Lipinski definition) is 1. The molecule has 3 rings (SSSR count). The monoisotopic (exact) mass is 255 g/mol. The molecule has 0 bridgehead atoms. The van der Waals surface area contributed by atoms with E-state index in [1.807, 2.05) is 6.07 Å². The number of ether oxygens (including phenoxy) is 1. The lowest BCUT2D eigenvalue weighted by molar-refractivity contribution is 0.381. The predicted molar refractivity (Wildman–Crippen MR) is 79.9 cm³/mol. The summed E-state index contributed by atoms with van der Waals surface area (Å²) in [6.07, 6.45) is 2.48. The van der Waals surface area contributed by atoms with E-state index < -0.39 is 0 Å². The van der Waals surface area contributed by atoms with E-state index in [4.69, 9.17) is 4.74 Å². The van der Waals surface area contributed by atoms with Crippen molar-refractivity contribution in [1.29, 1.82) is 0 Å². The third-order valence-corrected chi connectivity index (χ3v) is 4.17. The highest BCUT2D eigenvalue weighted by atomic mass is 16.5. The van der Waals surface area contributed by atoms with E-state index >= 15 is 0 Å². The zero-order valence-corrected chi connectivity index (χ0v) is 11.6. The van der Waals surface area contributed by atoms with Gasteiger partial charge in [0.15, 0.2) is 0 Å². The molecule has 0 aromatic heterocycles. The van der Waals surface area contributed by atoms with Crippen molar-refractivity contribution in [3.05, 3.63) is 42.0 Å². The second-order valence-electron chi connectivity index (χ2n) is 5.55. The number of rotatable bonds is 2. The van der Waals surface area contributed by atoms with Gasteiger partial charge in [-0.2, -0.15) is 0 Å². The van der Waals surface area contributed by atoms with Crippen molar-refractivity contribution in [2.45, 2.75) is 31.7 Å². The van der Waals surface area contributed by atoms with Gasteiger partial charge in [0.2, 0.25) is 0 Å². The van der Waals surface area contributed by atoms with Gasteiger partial charge in [-0.05, 0) is 60.7 Å². The lowest BCUT2D eigenvalue weighted by Crippen LogP contribution is -2.34. The Morgan fingerprint density at radius 3 is 2.68 bits per heavy atom. The Kier molecular flexibility index (Phi) is 3.43. The number of benzene rings is 2. The normalized spacial score (nSPS) is 23.5. The van der Waals surface area contributed by atoms with Crippen molar-refractivity contribution < 1.29 is 4.74 Å². The van der Waals surface area contributed by atoms with Gasteiger partial charge in [0.1, 0.15) is 5.75 Å². The van der Waals surface area contributed by atoms with Gasteiger partial charge in [-0.15, -0.1) is 0 Å². The van der Waals surface area contributed by atoms with E-state index in [1.54, 1.807) is 7.11 Å². The summed E-state index contributed by atoms with van der Waals surface area (Å²) in [5.41, 5.74) is 1.48. The molecule has 1 saturated heterocycles. The van der Waals surface area contributed by atoms with E-state index in [2.05, 4.69) is 42.6 Å². The fourth-order valence-electron chi connectivity index (χ4n) is 3.06. The third-order valence-electron chi connectivity index (χ3n) is 4.17. The van der Waals surface area contributed by atoms with Crippen LogP contribution in [0.2, 0.25) is 0 Å². The first-order valence-corrected chi connectivity index (χ1v) is 7.07. The molecule has 2 atom stereocenters. The summed E-state index contributed by atoms with van der Waals surface area (Å²) in [5, 5.41) is 6.08. The van der Waals surface area contributed by atoms with Crippen LogP contribution in [0.4, 0.5) is 0 Å². The maximum Gasteiger partial charge on any atom is 0.119 e. The largest absolute Gasteiger partial charge is 0.497 e. The zero-order valence-electron chi connectivity index (χ0n) is 11.6. The summed E-state index contributed by atoms with van der Waals surface area (Å²) in [4.78, 5) is 0. The predicted octanol–water partition coefficient (Wildman–Crippen LogP) is 3.70. The van der Waals surface area contributed by atoms with Crippen LogP contribution < -0.4 is 10.1 Å². The van der Waals surface area contributed by atoms with Crippen molar-refractivity contribution >= 4 is 10.8 Å². The van der Waals surface area contributed by atoms with Gasteiger partial charge >= 0.3 is 0 Å². The second kappa shape index (κ2) is 5.22. The van der Waals surface area contributed by atoms with E-state index in [9.17, 15) is 0 Å². The van der Waals surface area contributed by atoms with E-state index in [-0.39, 0.29) is 0 Å². The van der Waals surface area contributed by atoms with Gasteiger partial charge in [-0.25, -0.2) is 0 Å². The summed E-state index contributed by atoms with van der Waals surface area (Å²) in [6, 6.07) is 13.8. The molecule has 1 aliphatic heterocycles. The number of methoxy groups -OCH3 is 1. The molecule has 1 heterocycles. The summed E-state index contributed by atoms with van der Waals surface area (Å²) in [5.74, 6) is 1.62. The third kappa shape index (κ3) is 2.59. The zero-order chi connectivity index (χ0) is 13.2. The topological polar surface area (TPSA) is 21.3 Å². The molecule has 0 radical (unpaired) electrons. The van der Waals surface area contributed by atoms with Crippen molar-refractivity contribution in [2.75, 3.05) is 13.7 Å². The molecule has 0 unspecified atom stereocenters. The quantitative estimate of drug-likeness (QED) is 0.883. The first kappa shape index (κ1) is 12.5. The number of piperidine rings is 1. The molecule has 0 saturated carbocycles. The molecule has 2 aromatic rings. The number of nitrogens with one attached hydrogen (secondary N) is 1. The van der Waals surface area contributed by atoms with Crippen LogP contribution in [0.1, 0.15) is 31.2 Å². The van der Waals surface area contributed by atoms with Crippen molar-refractivity contribution in [3.63, 3.8) is 0 Å². The van der Waals surface area contributed by atoms with Gasteiger partial charge in [0.05, 0.1) is 7.11 Å². The maximum atomic E-state index is 5.27. The van der Waals surface area contributed by atoms with Gasteiger partial charge in [-0.3, -0.25) is 0 Å². The van der Waals surface area contributed by atoms with Crippen LogP contribution in [0.5, 0.6) is 5.75 Å². The van der Waals surface area contributed by atoms with Crippen LogP contribution in [0, 0.1) is 0 Å². The molecule has 2 aromatic carbocycles. The van der Waals surface area contributed by atoms with Crippen LogP contribution in [0.25, 0.3) is 10.8 Å². The summed E-state index contributed by atoms with van der Waals surface area (Å²) in [6.45, 7) is 3.41. The first-order valence-electron chi connectivity index (χ1n) is 7.07. The molecular weight excluding hydrogens is 234 g/mol. The lowest BCUT2D eigenvalue weighted by Gasteiger charge is -2.28. The van der Waals surface area contributed by atoms with Crippen LogP contribution in [-0.4, -0.2) is 19.7 Å². The molecule has 0 spiro atoms. The maximum absolute atomic E-state index is 5.27. The van der Waals surface area contributed by atoms with Crippen LogP contribution in [0.15, 0.2) is 36.4 Å². The van der Waals surface area contributed by atoms with Crippen LogP contribution >= 0.6 is 0 Å². The first-order chi connectivity index (χ1) is 9.26. The Hall–Kier alpha value is -1.54. The molecule has 2 nitrogen and oxygen atoms in total. The van der Waals surface area contributed by atoms with Gasteiger partial charge < -0.3 is 10.1 Å². The molecule has 1 N–H and O–H groups in total. The van der Waals surface area contributed by atoms with Gasteiger partial charge in [0, 0.05) is 6.04 Å². The molecule has 19 heavy (non-hydrogen) atoms. The minimum atomic E-state index is 0.630. The smallest absolute Gasteiger partial charge is 0.119 e. The van der Waals surface area contributed by atoms with Crippen LogP contribution in [-0.2, 0) is 0 Å².